The van der Waals surface area contributed by atoms with Gasteiger partial charge in [-0.25, -0.2) is 4.79 Å². The number of methoxy groups -OCH3 is 1. The third kappa shape index (κ3) is 10.6. The van der Waals surface area contributed by atoms with E-state index in [1.165, 1.54) is 6.92 Å². The van der Waals surface area contributed by atoms with E-state index < -0.39 is 72.8 Å². The lowest BCUT2D eigenvalue weighted by molar-refractivity contribution is -0.192. The van der Waals surface area contributed by atoms with Crippen LogP contribution in [0.1, 0.15) is 52.2 Å². The number of benzene rings is 1. The number of amides is 1. The summed E-state index contributed by atoms with van der Waals surface area (Å²) >= 11 is 0. The van der Waals surface area contributed by atoms with Crippen LogP contribution in [-0.4, -0.2) is 79.9 Å². The molecule has 0 saturated carbocycles. The number of carbonyl (C=O) groups is 6. The van der Waals surface area contributed by atoms with Gasteiger partial charge in [-0.3, -0.25) is 24.0 Å². The quantitative estimate of drug-likeness (QED) is 0.273. The summed E-state index contributed by atoms with van der Waals surface area (Å²) in [7, 11) is 1.11. The van der Waals surface area contributed by atoms with Crippen molar-refractivity contribution >= 4 is 41.8 Å². The number of nitrogens with one attached hydrogen (secondary N) is 1. The lowest BCUT2D eigenvalue weighted by Gasteiger charge is -2.43. The van der Waals surface area contributed by atoms with Crippen LogP contribution in [0.3, 0.4) is 0 Å². The maximum absolute atomic E-state index is 13.0. The highest BCUT2D eigenvalue weighted by Crippen LogP contribution is 2.34. The van der Waals surface area contributed by atoms with Crippen molar-refractivity contribution in [1.29, 1.82) is 0 Å². The monoisotopic (exact) mass is 603 g/mol. The van der Waals surface area contributed by atoms with Crippen molar-refractivity contribution in [2.75, 3.05) is 13.7 Å². The van der Waals surface area contributed by atoms with Gasteiger partial charge in [-0.05, 0) is 18.9 Å². The molecule has 1 aliphatic rings. The smallest absolute Gasteiger partial charge is 0.373 e. The second kappa shape index (κ2) is 16.1. The minimum atomic E-state index is -1.57. The number of hydrogen-bond acceptors (Lipinski definition) is 12. The molecule has 1 N–H and O–H groups in total. The lowest BCUT2D eigenvalue weighted by atomic mass is 9.87. The molecule has 0 bridgehead atoms. The predicted octanol–water partition coefficient (Wildman–Crippen LogP) is 2.09. The molecule has 5 atom stereocenters. The van der Waals surface area contributed by atoms with Crippen molar-refractivity contribution < 1.29 is 57.2 Å². The predicted molar refractivity (Wildman–Crippen MR) is 150 cm³/mol. The summed E-state index contributed by atoms with van der Waals surface area (Å²) in [5.74, 6) is -5.06. The third-order valence-electron chi connectivity index (χ3n) is 6.09. The summed E-state index contributed by atoms with van der Waals surface area (Å²) in [5, 5.41) is 2.64. The standard InChI is InChI=1S/C30H37NO12/c1-16-11-13-22(14-12-16)9-8-10-23-26(41-20(5)35)25(31-17(2)32)29(43-27(23)30(37)38-7)28(42-21(6)36)24(40-19(4)34)15-39-18(3)33/h8-9,11-14,24-26,28-29H,10,15H2,1-7H3,(H,31,32)/t24?,25-,26+,28?,29-/m1/s1. The van der Waals surface area contributed by atoms with Gasteiger partial charge < -0.3 is 33.7 Å². The highest BCUT2D eigenvalue weighted by Gasteiger charge is 2.51. The molecule has 234 valence electrons. The highest BCUT2D eigenvalue weighted by molar-refractivity contribution is 5.88. The Morgan fingerprint density at radius 2 is 1.53 bits per heavy atom. The first-order valence-electron chi connectivity index (χ1n) is 13.4. The van der Waals surface area contributed by atoms with Gasteiger partial charge in [-0.1, -0.05) is 42.0 Å². The Hall–Kier alpha value is -4.68. The van der Waals surface area contributed by atoms with Crippen LogP contribution in [0.2, 0.25) is 0 Å². The number of carbonyl (C=O) groups excluding carboxylic acids is 6. The summed E-state index contributed by atoms with van der Waals surface area (Å²) in [6.45, 7) is 6.99. The molecule has 0 radical (unpaired) electrons. The zero-order valence-electron chi connectivity index (χ0n) is 25.2. The molecule has 1 heterocycles. The first-order valence-corrected chi connectivity index (χ1v) is 13.4. The largest absolute Gasteiger partial charge is 0.477 e. The Morgan fingerprint density at radius 1 is 0.907 bits per heavy atom. The van der Waals surface area contributed by atoms with Crippen LogP contribution < -0.4 is 5.32 Å². The van der Waals surface area contributed by atoms with E-state index >= 15 is 0 Å². The summed E-state index contributed by atoms with van der Waals surface area (Å²) in [6, 6.07) is 6.34. The van der Waals surface area contributed by atoms with Gasteiger partial charge in [0.2, 0.25) is 11.7 Å². The molecule has 0 aromatic heterocycles. The average Bonchev–Trinajstić information content (AvgIpc) is 2.91. The van der Waals surface area contributed by atoms with Gasteiger partial charge in [0.25, 0.3) is 0 Å². The van der Waals surface area contributed by atoms with Crippen LogP contribution in [0.5, 0.6) is 0 Å². The third-order valence-corrected chi connectivity index (χ3v) is 6.09. The Morgan fingerprint density at radius 3 is 2.05 bits per heavy atom. The second-order valence-electron chi connectivity index (χ2n) is 9.73. The second-order valence-corrected chi connectivity index (χ2v) is 9.73. The van der Waals surface area contributed by atoms with Crippen LogP contribution >= 0.6 is 0 Å². The molecule has 1 aromatic rings. The molecule has 1 amide bonds. The molecule has 13 nitrogen and oxygen atoms in total. The summed E-state index contributed by atoms with van der Waals surface area (Å²) in [5.41, 5.74) is 2.06. The summed E-state index contributed by atoms with van der Waals surface area (Å²) in [6.07, 6.45) is -2.36. The fraction of sp³-hybridized carbons (Fsp3) is 0.467. The van der Waals surface area contributed by atoms with Crippen LogP contribution in [0.4, 0.5) is 0 Å². The van der Waals surface area contributed by atoms with E-state index in [1.807, 2.05) is 31.2 Å². The van der Waals surface area contributed by atoms with E-state index in [2.05, 4.69) is 5.32 Å². The van der Waals surface area contributed by atoms with Gasteiger partial charge in [-0.15, -0.1) is 0 Å². The molecule has 1 aliphatic heterocycles. The molecule has 0 spiro atoms. The molecule has 0 fully saturated rings. The van der Waals surface area contributed by atoms with Crippen molar-refractivity contribution in [2.24, 2.45) is 0 Å². The van der Waals surface area contributed by atoms with E-state index in [4.69, 9.17) is 28.4 Å². The van der Waals surface area contributed by atoms with Crippen LogP contribution in [0.15, 0.2) is 41.7 Å². The van der Waals surface area contributed by atoms with Crippen LogP contribution in [0.25, 0.3) is 6.08 Å². The zero-order valence-corrected chi connectivity index (χ0v) is 25.2. The molecule has 43 heavy (non-hydrogen) atoms. The van der Waals surface area contributed by atoms with Gasteiger partial charge >= 0.3 is 29.8 Å². The Bertz CT molecular complexity index is 1270. The van der Waals surface area contributed by atoms with Gasteiger partial charge in [0.1, 0.15) is 12.6 Å². The molecule has 2 rings (SSSR count). The summed E-state index contributed by atoms with van der Waals surface area (Å²) in [4.78, 5) is 73.6. The van der Waals surface area contributed by atoms with Gasteiger partial charge in [0, 0.05) is 40.2 Å². The first-order chi connectivity index (χ1) is 20.2. The van der Waals surface area contributed by atoms with Gasteiger partial charge in [0.15, 0.2) is 24.4 Å². The SMILES string of the molecule is COC(=O)C1=C(CC=Cc2ccc(C)cc2)[C@H](OC(C)=O)[C@@H](NC(C)=O)[C@H](C(OC(C)=O)C(COC(C)=O)OC(C)=O)O1. The topological polar surface area (TPSA) is 170 Å². The number of ether oxygens (including phenoxy) is 6. The molecular weight excluding hydrogens is 566 g/mol. The minimum Gasteiger partial charge on any atom is -0.477 e. The molecule has 0 aliphatic carbocycles. The van der Waals surface area contributed by atoms with E-state index in [1.54, 1.807) is 12.2 Å². The molecule has 2 unspecified atom stereocenters. The molecular formula is C30H37NO12. The van der Waals surface area contributed by atoms with E-state index in [0.717, 1.165) is 45.9 Å². The molecule has 1 aromatic carbocycles. The molecule has 0 saturated heterocycles. The number of aryl methyl sites for hydroxylation is 1. The maximum Gasteiger partial charge on any atom is 0.373 e. The Labute approximate surface area is 249 Å². The van der Waals surface area contributed by atoms with E-state index in [0.29, 0.717) is 0 Å². The normalized spacial score (nSPS) is 19.4. The number of hydrogen-bond donors (Lipinski definition) is 1. The average molecular weight is 604 g/mol. The summed E-state index contributed by atoms with van der Waals surface area (Å²) < 4.78 is 32.5. The first kappa shape index (κ1) is 34.5. The van der Waals surface area contributed by atoms with Crippen LogP contribution in [-0.2, 0) is 57.2 Å². The zero-order chi connectivity index (χ0) is 32.3. The van der Waals surface area contributed by atoms with Gasteiger partial charge in [0.05, 0.1) is 7.11 Å². The van der Waals surface area contributed by atoms with Crippen molar-refractivity contribution in [3.63, 3.8) is 0 Å². The molecule has 13 heteroatoms. The van der Waals surface area contributed by atoms with Crippen molar-refractivity contribution in [3.8, 4) is 0 Å². The Balaban J connectivity index is 2.74. The number of esters is 5. The fourth-order valence-electron chi connectivity index (χ4n) is 4.43. The fourth-order valence-corrected chi connectivity index (χ4v) is 4.43. The van der Waals surface area contributed by atoms with Crippen molar-refractivity contribution in [3.05, 3.63) is 52.8 Å². The van der Waals surface area contributed by atoms with Crippen molar-refractivity contribution in [1.82, 2.24) is 5.32 Å². The maximum atomic E-state index is 13.0. The Kier molecular flexibility index (Phi) is 12.9. The van der Waals surface area contributed by atoms with Crippen molar-refractivity contribution in [2.45, 2.75) is 78.4 Å². The minimum absolute atomic E-state index is 0.0120. The van der Waals surface area contributed by atoms with Gasteiger partial charge in [-0.2, -0.15) is 0 Å². The number of allylic oxidation sites excluding steroid dienone is 1. The van der Waals surface area contributed by atoms with Crippen LogP contribution in [0, 0.1) is 6.92 Å². The number of rotatable bonds is 12. The van der Waals surface area contributed by atoms with E-state index in [9.17, 15) is 28.8 Å². The lowest BCUT2D eigenvalue weighted by Crippen LogP contribution is -2.63. The highest BCUT2D eigenvalue weighted by atomic mass is 16.6. The van der Waals surface area contributed by atoms with E-state index in [-0.39, 0.29) is 17.8 Å².